The molecule has 2 aromatic carbocycles. The molecule has 0 aliphatic heterocycles. The molecule has 2 aromatic rings. The van der Waals surface area contributed by atoms with Crippen molar-refractivity contribution < 1.29 is 9.84 Å². The first-order valence-corrected chi connectivity index (χ1v) is 6.00. The summed E-state index contributed by atoms with van der Waals surface area (Å²) in [5.41, 5.74) is 6.54. The molecule has 0 atom stereocenters. The highest BCUT2D eigenvalue weighted by molar-refractivity contribution is 6.34. The molecule has 0 saturated heterocycles. The molecule has 0 amide bonds. The minimum Gasteiger partial charge on any atom is -0.457 e. The van der Waals surface area contributed by atoms with E-state index in [0.29, 0.717) is 27.6 Å². The Morgan fingerprint density at radius 1 is 1.26 bits per heavy atom. The first-order valence-electron chi connectivity index (χ1n) is 5.62. The molecule has 0 aliphatic rings. The molecule has 19 heavy (non-hydrogen) atoms. The van der Waals surface area contributed by atoms with E-state index in [1.165, 1.54) is 0 Å². The molecule has 0 heterocycles. The van der Waals surface area contributed by atoms with E-state index >= 15 is 0 Å². The van der Waals surface area contributed by atoms with E-state index in [9.17, 15) is 5.11 Å². The van der Waals surface area contributed by atoms with E-state index in [0.717, 1.165) is 0 Å². The van der Waals surface area contributed by atoms with Crippen molar-refractivity contribution in [2.75, 3.05) is 0 Å². The lowest BCUT2D eigenvalue weighted by atomic mass is 10.2. The van der Waals surface area contributed by atoms with Gasteiger partial charge in [-0.05, 0) is 18.2 Å². The number of para-hydroxylation sites is 1. The van der Waals surface area contributed by atoms with Gasteiger partial charge in [-0.2, -0.15) is 0 Å². The summed E-state index contributed by atoms with van der Waals surface area (Å²) < 4.78 is 5.66. The Bertz CT molecular complexity index is 614. The molecule has 0 aliphatic carbocycles. The Morgan fingerprint density at radius 2 is 2.00 bits per heavy atom. The molecule has 4 nitrogen and oxygen atoms in total. The first-order chi connectivity index (χ1) is 9.11. The summed E-state index contributed by atoms with van der Waals surface area (Å²) in [4.78, 5) is 0. The predicted octanol–water partition coefficient (Wildman–Crippen LogP) is 2.91. The van der Waals surface area contributed by atoms with Crippen molar-refractivity contribution in [1.29, 1.82) is 5.41 Å². The SMILES string of the molecule is N=C(N)c1ccc(Oc2ccccc2CO)cc1Cl. The van der Waals surface area contributed by atoms with Crippen molar-refractivity contribution in [3.63, 3.8) is 0 Å². The number of aliphatic hydroxyl groups is 1. The van der Waals surface area contributed by atoms with E-state index in [1.807, 2.05) is 12.1 Å². The standard InChI is InChI=1S/C14H13ClN2O2/c15-12-7-10(5-6-11(12)14(16)17)19-13-4-2-1-3-9(13)8-18/h1-7,18H,8H2,(H3,16,17). The van der Waals surface area contributed by atoms with Gasteiger partial charge in [0.05, 0.1) is 11.6 Å². The van der Waals surface area contributed by atoms with Crippen molar-refractivity contribution in [3.05, 3.63) is 58.6 Å². The van der Waals surface area contributed by atoms with E-state index in [1.54, 1.807) is 30.3 Å². The fourth-order valence-corrected chi connectivity index (χ4v) is 1.91. The fourth-order valence-electron chi connectivity index (χ4n) is 1.64. The first kappa shape index (κ1) is 13.4. The molecule has 0 saturated carbocycles. The Morgan fingerprint density at radius 3 is 2.63 bits per heavy atom. The highest BCUT2D eigenvalue weighted by Gasteiger charge is 2.07. The number of rotatable bonds is 4. The molecular formula is C14H13ClN2O2. The number of aliphatic hydroxyl groups excluding tert-OH is 1. The Labute approximate surface area is 115 Å². The van der Waals surface area contributed by atoms with Crippen LogP contribution in [0.2, 0.25) is 5.02 Å². The van der Waals surface area contributed by atoms with Gasteiger partial charge in [0.15, 0.2) is 0 Å². The van der Waals surface area contributed by atoms with Crippen LogP contribution in [0.4, 0.5) is 0 Å². The monoisotopic (exact) mass is 276 g/mol. The normalized spacial score (nSPS) is 10.2. The van der Waals surface area contributed by atoms with Crippen molar-refractivity contribution in [3.8, 4) is 11.5 Å². The average molecular weight is 277 g/mol. The van der Waals surface area contributed by atoms with Crippen LogP contribution in [0.25, 0.3) is 0 Å². The second kappa shape index (κ2) is 5.73. The van der Waals surface area contributed by atoms with Crippen molar-refractivity contribution in [2.24, 2.45) is 5.73 Å². The predicted molar refractivity (Wildman–Crippen MR) is 74.9 cm³/mol. The van der Waals surface area contributed by atoms with Crippen LogP contribution in [-0.2, 0) is 6.61 Å². The Hall–Kier alpha value is -2.04. The van der Waals surface area contributed by atoms with Gasteiger partial charge in [-0.25, -0.2) is 0 Å². The Kier molecular flexibility index (Phi) is 4.04. The van der Waals surface area contributed by atoms with Crippen LogP contribution in [0.1, 0.15) is 11.1 Å². The average Bonchev–Trinajstić information content (AvgIpc) is 2.39. The quantitative estimate of drug-likeness (QED) is 0.593. The summed E-state index contributed by atoms with van der Waals surface area (Å²) in [5, 5.41) is 16.9. The van der Waals surface area contributed by atoms with Gasteiger partial charge in [0.2, 0.25) is 0 Å². The second-order valence-electron chi connectivity index (χ2n) is 3.92. The van der Waals surface area contributed by atoms with Gasteiger partial charge in [-0.3, -0.25) is 5.41 Å². The summed E-state index contributed by atoms with van der Waals surface area (Å²) in [5.74, 6) is 1.000. The van der Waals surface area contributed by atoms with E-state index in [4.69, 9.17) is 27.5 Å². The zero-order chi connectivity index (χ0) is 13.8. The number of hydrogen-bond acceptors (Lipinski definition) is 3. The molecule has 0 fully saturated rings. The minimum atomic E-state index is -0.102. The molecule has 0 spiro atoms. The largest absolute Gasteiger partial charge is 0.457 e. The molecule has 0 unspecified atom stereocenters. The second-order valence-corrected chi connectivity index (χ2v) is 4.33. The van der Waals surface area contributed by atoms with Crippen molar-refractivity contribution in [1.82, 2.24) is 0 Å². The third-order valence-corrected chi connectivity index (χ3v) is 2.91. The lowest BCUT2D eigenvalue weighted by molar-refractivity contribution is 0.276. The third kappa shape index (κ3) is 3.05. The summed E-state index contributed by atoms with van der Waals surface area (Å²) in [6.45, 7) is -0.102. The number of halogens is 1. The fraction of sp³-hybridized carbons (Fsp3) is 0.0714. The summed E-state index contributed by atoms with van der Waals surface area (Å²) in [6.07, 6.45) is 0. The van der Waals surface area contributed by atoms with Crippen LogP contribution in [0.5, 0.6) is 11.5 Å². The maximum atomic E-state index is 9.22. The van der Waals surface area contributed by atoms with Crippen molar-refractivity contribution in [2.45, 2.75) is 6.61 Å². The van der Waals surface area contributed by atoms with Crippen LogP contribution in [0.3, 0.4) is 0 Å². The van der Waals surface area contributed by atoms with Gasteiger partial charge >= 0.3 is 0 Å². The molecule has 0 bridgehead atoms. The van der Waals surface area contributed by atoms with Crippen LogP contribution < -0.4 is 10.5 Å². The maximum Gasteiger partial charge on any atom is 0.132 e. The number of nitrogens with one attached hydrogen (secondary N) is 1. The summed E-state index contributed by atoms with van der Waals surface area (Å²) >= 11 is 6.01. The molecule has 2 rings (SSSR count). The van der Waals surface area contributed by atoms with Crippen molar-refractivity contribution >= 4 is 17.4 Å². The zero-order valence-corrected chi connectivity index (χ0v) is 10.8. The number of amidine groups is 1. The molecule has 98 valence electrons. The Balaban J connectivity index is 2.29. The van der Waals surface area contributed by atoms with E-state index in [-0.39, 0.29) is 12.4 Å². The summed E-state index contributed by atoms with van der Waals surface area (Å²) in [6, 6.07) is 12.1. The number of ether oxygens (including phenoxy) is 1. The van der Waals surface area contributed by atoms with E-state index < -0.39 is 0 Å². The minimum absolute atomic E-state index is 0.0905. The zero-order valence-electron chi connectivity index (χ0n) is 10.1. The van der Waals surface area contributed by atoms with Gasteiger partial charge in [-0.15, -0.1) is 0 Å². The summed E-state index contributed by atoms with van der Waals surface area (Å²) in [7, 11) is 0. The van der Waals surface area contributed by atoms with Gasteiger partial charge in [0.1, 0.15) is 17.3 Å². The number of nitrogens with two attached hydrogens (primary N) is 1. The molecule has 4 N–H and O–H groups in total. The molecular weight excluding hydrogens is 264 g/mol. The van der Waals surface area contributed by atoms with Crippen LogP contribution in [0.15, 0.2) is 42.5 Å². The van der Waals surface area contributed by atoms with Gasteiger partial charge in [0.25, 0.3) is 0 Å². The van der Waals surface area contributed by atoms with Crippen LogP contribution in [-0.4, -0.2) is 10.9 Å². The lowest BCUT2D eigenvalue weighted by Crippen LogP contribution is -2.11. The van der Waals surface area contributed by atoms with Gasteiger partial charge < -0.3 is 15.6 Å². The highest BCUT2D eigenvalue weighted by atomic mass is 35.5. The van der Waals surface area contributed by atoms with Gasteiger partial charge in [0, 0.05) is 17.2 Å². The van der Waals surface area contributed by atoms with Crippen LogP contribution >= 0.6 is 11.6 Å². The molecule has 5 heteroatoms. The highest BCUT2D eigenvalue weighted by Crippen LogP contribution is 2.28. The topological polar surface area (TPSA) is 79.3 Å². The van der Waals surface area contributed by atoms with E-state index in [2.05, 4.69) is 0 Å². The molecule has 0 radical (unpaired) electrons. The third-order valence-electron chi connectivity index (χ3n) is 2.60. The number of nitrogen functional groups attached to an aromatic ring is 1. The smallest absolute Gasteiger partial charge is 0.132 e. The van der Waals surface area contributed by atoms with Crippen LogP contribution in [0, 0.1) is 5.41 Å². The maximum absolute atomic E-state index is 9.22. The molecule has 0 aromatic heterocycles. The number of hydrogen-bond donors (Lipinski definition) is 3. The number of benzene rings is 2. The van der Waals surface area contributed by atoms with Gasteiger partial charge in [-0.1, -0.05) is 29.8 Å². The lowest BCUT2D eigenvalue weighted by Gasteiger charge is -2.10.